The number of benzene rings is 3. The van der Waals surface area contributed by atoms with Crippen LogP contribution in [-0.2, 0) is 16.7 Å². The maximum Gasteiger partial charge on any atom is 0.573 e. The van der Waals surface area contributed by atoms with Crippen molar-refractivity contribution in [2.75, 3.05) is 10.8 Å². The Balaban J connectivity index is 1.85. The first-order valence-corrected chi connectivity index (χ1v) is 13.9. The lowest BCUT2D eigenvalue weighted by Crippen LogP contribution is -2.31. The summed E-state index contributed by atoms with van der Waals surface area (Å²) in [6, 6.07) is 17.2. The number of nitrogens with zero attached hydrogens (tertiary/aromatic N) is 3. The average molecular weight is 606 g/mol. The Morgan fingerprint density at radius 1 is 1.05 bits per heavy atom. The maximum absolute atomic E-state index is 14.1. The fraction of sp³-hybridized carbons (Fsp3) is 0.207. The van der Waals surface area contributed by atoms with E-state index >= 15 is 0 Å². The summed E-state index contributed by atoms with van der Waals surface area (Å²) in [7, 11) is -1.20. The molecule has 42 heavy (non-hydrogen) atoms. The van der Waals surface area contributed by atoms with Crippen LogP contribution in [-0.4, -0.2) is 25.9 Å². The van der Waals surface area contributed by atoms with Crippen LogP contribution in [0.1, 0.15) is 30.9 Å². The first-order chi connectivity index (χ1) is 19.7. The fourth-order valence-electron chi connectivity index (χ4n) is 4.28. The molecule has 4 rings (SSSR count). The number of nitrogens with two attached hydrogens (primary N) is 2. The smallest absolute Gasteiger partial charge is 0.406 e. The molecule has 0 aliphatic carbocycles. The van der Waals surface area contributed by atoms with Crippen LogP contribution in [0.3, 0.4) is 0 Å². The number of anilines is 1. The van der Waals surface area contributed by atoms with Crippen LogP contribution in [0.4, 0.5) is 27.6 Å². The van der Waals surface area contributed by atoms with Gasteiger partial charge in [0.2, 0.25) is 0 Å². The van der Waals surface area contributed by atoms with Gasteiger partial charge in [-0.15, -0.1) is 13.2 Å². The van der Waals surface area contributed by atoms with E-state index in [1.165, 1.54) is 34.1 Å². The summed E-state index contributed by atoms with van der Waals surface area (Å²) in [5.41, 5.74) is 8.14. The van der Waals surface area contributed by atoms with Crippen LogP contribution in [0, 0.1) is 6.92 Å². The van der Waals surface area contributed by atoms with Crippen LogP contribution in [0.25, 0.3) is 22.5 Å². The molecular formula is C29H28F5N5O2S. The number of hydrogen-bond acceptors (Lipinski definition) is 6. The molecule has 0 spiro atoms. The summed E-state index contributed by atoms with van der Waals surface area (Å²) < 4.78 is 84.1. The Morgan fingerprint density at radius 3 is 2.29 bits per heavy atom. The van der Waals surface area contributed by atoms with E-state index in [9.17, 15) is 26.2 Å². The van der Waals surface area contributed by atoms with Crippen molar-refractivity contribution < 1.29 is 30.9 Å². The second-order valence-electron chi connectivity index (χ2n) is 9.29. The molecule has 0 fully saturated rings. The highest BCUT2D eigenvalue weighted by Crippen LogP contribution is 2.36. The zero-order chi connectivity index (χ0) is 30.8. The highest BCUT2D eigenvalue weighted by Gasteiger charge is 2.31. The summed E-state index contributed by atoms with van der Waals surface area (Å²) in [4.78, 5) is 4.65. The second kappa shape index (κ2) is 11.9. The highest BCUT2D eigenvalue weighted by molar-refractivity contribution is 7.85. The lowest BCUT2D eigenvalue weighted by molar-refractivity contribution is -0.274. The summed E-state index contributed by atoms with van der Waals surface area (Å²) in [6.45, 7) is 4.12. The molecule has 1 heterocycles. The van der Waals surface area contributed by atoms with E-state index in [1.807, 2.05) is 13.0 Å². The van der Waals surface area contributed by atoms with Gasteiger partial charge < -0.3 is 15.0 Å². The summed E-state index contributed by atoms with van der Waals surface area (Å²) in [6.07, 6.45) is -2.48. The predicted octanol–water partition coefficient (Wildman–Crippen LogP) is 6.62. The first kappa shape index (κ1) is 30.7. The second-order valence-corrected chi connectivity index (χ2v) is 11.0. The van der Waals surface area contributed by atoms with Crippen LogP contribution < -0.4 is 21.3 Å². The zero-order valence-corrected chi connectivity index (χ0v) is 23.6. The first-order valence-electron chi connectivity index (χ1n) is 12.6. The van der Waals surface area contributed by atoms with Gasteiger partial charge in [-0.1, -0.05) is 25.1 Å². The van der Waals surface area contributed by atoms with E-state index in [4.69, 9.17) is 11.6 Å². The van der Waals surface area contributed by atoms with Crippen LogP contribution in [0.15, 0.2) is 84.0 Å². The molecular weight excluding hydrogens is 577 g/mol. The number of rotatable bonds is 9. The van der Waals surface area contributed by atoms with Crippen molar-refractivity contribution in [3.8, 4) is 22.6 Å². The molecule has 0 saturated carbocycles. The molecule has 1 unspecified atom stereocenters. The molecule has 1 atom stereocenters. The number of halogens is 5. The molecule has 7 nitrogen and oxygen atoms in total. The molecule has 0 saturated heterocycles. The summed E-state index contributed by atoms with van der Waals surface area (Å²) in [5, 5.41) is 1.20. The molecule has 1 aromatic heterocycles. The molecule has 0 amide bonds. The van der Waals surface area contributed by atoms with Crippen molar-refractivity contribution in [1.29, 1.82) is 0 Å². The standard InChI is InChI=1S/C29H28F5N5O2S/c1-4-42(40)23-7-5-6-20(14-23)21-10-13-24(38-17-27(28(3,30)31)37-18(38)2)25(15-21)39(36)26(16-35)19-8-11-22(12-9-19)41-29(32,33)34/h5-17H,4,35-36H2,1-3H3/b26-16-. The average Bonchev–Trinajstić information content (AvgIpc) is 3.34. The number of hydrogen-bond donors (Lipinski definition) is 2. The number of imidazole rings is 1. The largest absolute Gasteiger partial charge is 0.573 e. The van der Waals surface area contributed by atoms with Crippen LogP contribution >= 0.6 is 0 Å². The maximum atomic E-state index is 14.1. The molecule has 3 aromatic carbocycles. The van der Waals surface area contributed by atoms with E-state index < -0.39 is 34.5 Å². The molecule has 4 aromatic rings. The molecule has 13 heteroatoms. The van der Waals surface area contributed by atoms with Gasteiger partial charge in [-0.25, -0.2) is 10.8 Å². The topological polar surface area (TPSA) is 99.4 Å². The quantitative estimate of drug-likeness (QED) is 0.126. The summed E-state index contributed by atoms with van der Waals surface area (Å²) in [5.74, 6) is 3.67. The molecule has 0 aliphatic rings. The Bertz CT molecular complexity index is 1630. The van der Waals surface area contributed by atoms with E-state index in [1.54, 1.807) is 43.3 Å². The predicted molar refractivity (Wildman–Crippen MR) is 152 cm³/mol. The Hall–Kier alpha value is -4.23. The monoisotopic (exact) mass is 605 g/mol. The Labute approximate surface area is 241 Å². The summed E-state index contributed by atoms with van der Waals surface area (Å²) >= 11 is 0. The van der Waals surface area contributed by atoms with Gasteiger partial charge in [0.1, 0.15) is 17.3 Å². The van der Waals surface area contributed by atoms with Gasteiger partial charge in [0, 0.05) is 35.5 Å². The Kier molecular flexibility index (Phi) is 8.73. The number of hydrazine groups is 1. The van der Waals surface area contributed by atoms with Crippen LogP contribution in [0.5, 0.6) is 5.75 Å². The van der Waals surface area contributed by atoms with Crippen molar-refractivity contribution in [2.24, 2.45) is 11.6 Å². The van der Waals surface area contributed by atoms with Crippen molar-refractivity contribution in [1.82, 2.24) is 9.55 Å². The third kappa shape index (κ3) is 6.80. The van der Waals surface area contributed by atoms with Gasteiger partial charge in [0.05, 0.1) is 27.9 Å². The third-order valence-corrected chi connectivity index (χ3v) is 7.62. The van der Waals surface area contributed by atoms with E-state index in [-0.39, 0.29) is 11.5 Å². The molecule has 4 N–H and O–H groups in total. The normalized spacial score (nSPS) is 13.2. The zero-order valence-electron chi connectivity index (χ0n) is 22.8. The van der Waals surface area contributed by atoms with Gasteiger partial charge in [-0.3, -0.25) is 9.22 Å². The van der Waals surface area contributed by atoms with Gasteiger partial charge in [-0.05, 0) is 66.6 Å². The SMILES string of the molecule is CCS(=O)c1cccc(-c2ccc(-n3cc(C(C)(F)F)nc3C)c(N(N)/C(=C\N)c3ccc(OC(F)(F)F)cc3)c2)c1. The Morgan fingerprint density at radius 2 is 1.71 bits per heavy atom. The van der Waals surface area contributed by atoms with E-state index in [0.717, 1.165) is 24.6 Å². The minimum atomic E-state index is -4.86. The molecule has 0 bridgehead atoms. The van der Waals surface area contributed by atoms with Crippen molar-refractivity contribution in [3.63, 3.8) is 0 Å². The fourth-order valence-corrected chi connectivity index (χ4v) is 5.11. The number of aromatic nitrogens is 2. The third-order valence-electron chi connectivity index (χ3n) is 6.32. The number of alkyl halides is 5. The van der Waals surface area contributed by atoms with Crippen molar-refractivity contribution >= 4 is 22.2 Å². The number of ether oxygens (including phenoxy) is 1. The van der Waals surface area contributed by atoms with Gasteiger partial charge in [0.25, 0.3) is 5.92 Å². The lowest BCUT2D eigenvalue weighted by Gasteiger charge is -2.26. The molecule has 0 radical (unpaired) electrons. The minimum Gasteiger partial charge on any atom is -0.406 e. The van der Waals surface area contributed by atoms with Crippen LogP contribution in [0.2, 0.25) is 0 Å². The van der Waals surface area contributed by atoms with E-state index in [0.29, 0.717) is 33.2 Å². The van der Waals surface area contributed by atoms with E-state index in [2.05, 4.69) is 9.72 Å². The minimum absolute atomic E-state index is 0.201. The highest BCUT2D eigenvalue weighted by atomic mass is 32.2. The van der Waals surface area contributed by atoms with Gasteiger partial charge >= 0.3 is 6.36 Å². The lowest BCUT2D eigenvalue weighted by atomic mass is 10.0. The molecule has 222 valence electrons. The number of aryl methyl sites for hydroxylation is 1. The van der Waals surface area contributed by atoms with Crippen molar-refractivity contribution in [3.05, 3.63) is 96.2 Å². The molecule has 0 aliphatic heterocycles. The van der Waals surface area contributed by atoms with Crippen molar-refractivity contribution in [2.45, 2.75) is 38.0 Å². The van der Waals surface area contributed by atoms with Gasteiger partial charge in [0.15, 0.2) is 0 Å². The van der Waals surface area contributed by atoms with Gasteiger partial charge in [-0.2, -0.15) is 8.78 Å².